The molecule has 0 saturated carbocycles. The predicted octanol–water partition coefficient (Wildman–Crippen LogP) is 3.55. The average molecular weight is 331 g/mol. The zero-order chi connectivity index (χ0) is 17.5. The fourth-order valence-corrected chi connectivity index (χ4v) is 3.84. The highest BCUT2D eigenvalue weighted by molar-refractivity contribution is 6.03. The molecule has 1 fully saturated rings. The fraction of sp³-hybridized carbons (Fsp3) is 0.579. The summed E-state index contributed by atoms with van der Waals surface area (Å²) in [6.07, 6.45) is 1.74. The second kappa shape index (κ2) is 5.80. The maximum Gasteiger partial charge on any atom is 0.410 e. The van der Waals surface area contributed by atoms with Gasteiger partial charge >= 0.3 is 6.09 Å². The smallest absolute Gasteiger partial charge is 0.410 e. The molecule has 2 aliphatic rings. The molecular weight excluding hydrogens is 306 g/mol. The molecule has 0 N–H and O–H groups in total. The molecule has 0 aromatic heterocycles. The van der Waals surface area contributed by atoms with E-state index in [1.165, 1.54) is 0 Å². The standard InChI is InChI=1S/C19H25NO4/c1-18(2,3)24-17(22)20-10-8-19(9-11-20)12-14(21)13-6-5-7-15(23-4)16(13)19/h5-7H,8-12H2,1-4H3. The van der Waals surface area contributed by atoms with E-state index in [-0.39, 0.29) is 17.3 Å². The Morgan fingerprint density at radius 3 is 2.46 bits per heavy atom. The van der Waals surface area contributed by atoms with Gasteiger partial charge in [0.2, 0.25) is 0 Å². The first kappa shape index (κ1) is 16.8. The summed E-state index contributed by atoms with van der Waals surface area (Å²) >= 11 is 0. The van der Waals surface area contributed by atoms with Crippen molar-refractivity contribution in [1.29, 1.82) is 0 Å². The van der Waals surface area contributed by atoms with Gasteiger partial charge in [-0.25, -0.2) is 4.79 Å². The van der Waals surface area contributed by atoms with Crippen LogP contribution in [0.5, 0.6) is 5.75 Å². The van der Waals surface area contributed by atoms with Crippen LogP contribution in [-0.2, 0) is 10.2 Å². The van der Waals surface area contributed by atoms with Gasteiger partial charge in [-0.2, -0.15) is 0 Å². The summed E-state index contributed by atoms with van der Waals surface area (Å²) < 4.78 is 11.0. The van der Waals surface area contributed by atoms with Gasteiger partial charge in [0, 0.05) is 36.1 Å². The van der Waals surface area contributed by atoms with Crippen molar-refractivity contribution in [2.75, 3.05) is 20.2 Å². The molecule has 0 radical (unpaired) electrons. The lowest BCUT2D eigenvalue weighted by atomic mass is 9.73. The van der Waals surface area contributed by atoms with Gasteiger partial charge < -0.3 is 14.4 Å². The molecule has 130 valence electrons. The number of hydrogen-bond acceptors (Lipinski definition) is 4. The number of amides is 1. The number of likely N-dealkylation sites (tertiary alicyclic amines) is 1. The van der Waals surface area contributed by atoms with Gasteiger partial charge in [-0.15, -0.1) is 0 Å². The molecule has 1 aromatic carbocycles. The Morgan fingerprint density at radius 2 is 1.88 bits per heavy atom. The van der Waals surface area contributed by atoms with Crippen molar-refractivity contribution in [2.45, 2.75) is 51.0 Å². The Morgan fingerprint density at radius 1 is 1.21 bits per heavy atom. The minimum absolute atomic E-state index is 0.176. The maximum absolute atomic E-state index is 12.4. The van der Waals surface area contributed by atoms with Crippen LogP contribution in [0.1, 0.15) is 56.0 Å². The van der Waals surface area contributed by atoms with E-state index >= 15 is 0 Å². The Balaban J connectivity index is 1.80. The van der Waals surface area contributed by atoms with Crippen molar-refractivity contribution in [2.24, 2.45) is 0 Å². The summed E-state index contributed by atoms with van der Waals surface area (Å²) in [6.45, 7) is 6.80. The van der Waals surface area contributed by atoms with Crippen LogP contribution in [0.15, 0.2) is 18.2 Å². The van der Waals surface area contributed by atoms with E-state index < -0.39 is 5.60 Å². The SMILES string of the molecule is COc1cccc2c1C1(CCN(C(=O)OC(C)(C)C)CC1)CC2=O. The Bertz CT molecular complexity index is 666. The van der Waals surface area contributed by atoms with Gasteiger partial charge in [-0.1, -0.05) is 12.1 Å². The first-order valence-corrected chi connectivity index (χ1v) is 8.44. The number of nitrogens with zero attached hydrogens (tertiary/aromatic N) is 1. The minimum Gasteiger partial charge on any atom is -0.496 e. The van der Waals surface area contributed by atoms with E-state index in [2.05, 4.69) is 0 Å². The molecule has 1 aliphatic carbocycles. The van der Waals surface area contributed by atoms with Crippen LogP contribution >= 0.6 is 0 Å². The van der Waals surface area contributed by atoms with Gasteiger partial charge in [0.15, 0.2) is 5.78 Å². The van der Waals surface area contributed by atoms with E-state index in [9.17, 15) is 9.59 Å². The van der Waals surface area contributed by atoms with Crippen LogP contribution < -0.4 is 4.74 Å². The first-order chi connectivity index (χ1) is 11.3. The number of rotatable bonds is 1. The van der Waals surface area contributed by atoms with Crippen LogP contribution in [0.25, 0.3) is 0 Å². The maximum atomic E-state index is 12.4. The monoisotopic (exact) mass is 331 g/mol. The number of Topliss-reactive ketones (excluding diaryl/α,β-unsaturated/α-hetero) is 1. The van der Waals surface area contributed by atoms with Crippen LogP contribution in [-0.4, -0.2) is 42.6 Å². The van der Waals surface area contributed by atoms with Gasteiger partial charge in [-0.3, -0.25) is 4.79 Å². The third-order valence-electron chi connectivity index (χ3n) is 4.95. The van der Waals surface area contributed by atoms with Crippen molar-refractivity contribution in [3.05, 3.63) is 29.3 Å². The summed E-state index contributed by atoms with van der Waals surface area (Å²) in [5.41, 5.74) is 1.10. The number of fused-ring (bicyclic) bond motifs is 2. The summed E-state index contributed by atoms with van der Waals surface area (Å²) in [5, 5.41) is 0. The lowest BCUT2D eigenvalue weighted by Gasteiger charge is -2.40. The second-order valence-electron chi connectivity index (χ2n) is 7.73. The lowest BCUT2D eigenvalue weighted by molar-refractivity contribution is 0.0165. The molecule has 1 aliphatic heterocycles. The van der Waals surface area contributed by atoms with E-state index in [1.807, 2.05) is 39.0 Å². The first-order valence-electron chi connectivity index (χ1n) is 8.44. The van der Waals surface area contributed by atoms with Crippen molar-refractivity contribution in [3.63, 3.8) is 0 Å². The largest absolute Gasteiger partial charge is 0.496 e. The van der Waals surface area contributed by atoms with Gasteiger partial charge in [0.25, 0.3) is 0 Å². The summed E-state index contributed by atoms with van der Waals surface area (Å²) in [6, 6.07) is 5.67. The molecule has 3 rings (SSSR count). The second-order valence-corrected chi connectivity index (χ2v) is 7.73. The molecule has 24 heavy (non-hydrogen) atoms. The zero-order valence-corrected chi connectivity index (χ0v) is 14.8. The van der Waals surface area contributed by atoms with Crippen molar-refractivity contribution in [1.82, 2.24) is 4.90 Å². The molecule has 5 nitrogen and oxygen atoms in total. The number of methoxy groups -OCH3 is 1. The summed E-state index contributed by atoms with van der Waals surface area (Å²) in [4.78, 5) is 26.5. The number of ketones is 1. The number of piperidine rings is 1. The molecular formula is C19H25NO4. The Hall–Kier alpha value is -2.04. The number of carbonyl (C=O) groups excluding carboxylic acids is 2. The van der Waals surface area contributed by atoms with Crippen molar-refractivity contribution in [3.8, 4) is 5.75 Å². The van der Waals surface area contributed by atoms with E-state index in [0.29, 0.717) is 19.5 Å². The normalized spacial score (nSPS) is 19.3. The zero-order valence-electron chi connectivity index (χ0n) is 14.8. The van der Waals surface area contributed by atoms with Crippen LogP contribution in [0.2, 0.25) is 0 Å². The summed E-state index contributed by atoms with van der Waals surface area (Å²) in [5.74, 6) is 0.957. The number of ether oxygens (including phenoxy) is 2. The quantitative estimate of drug-likeness (QED) is 0.790. The number of benzene rings is 1. The average Bonchev–Trinajstić information content (AvgIpc) is 2.79. The van der Waals surface area contributed by atoms with E-state index in [1.54, 1.807) is 12.0 Å². The molecule has 1 spiro atoms. The van der Waals surface area contributed by atoms with Crippen LogP contribution in [0, 0.1) is 0 Å². The third-order valence-corrected chi connectivity index (χ3v) is 4.95. The Labute approximate surface area is 142 Å². The lowest BCUT2D eigenvalue weighted by Crippen LogP contribution is -2.46. The summed E-state index contributed by atoms with van der Waals surface area (Å²) in [7, 11) is 1.64. The number of carbonyl (C=O) groups is 2. The molecule has 1 amide bonds. The van der Waals surface area contributed by atoms with Gasteiger partial charge in [-0.05, 0) is 39.7 Å². The molecule has 1 heterocycles. The van der Waals surface area contributed by atoms with Crippen LogP contribution in [0.4, 0.5) is 4.79 Å². The molecule has 0 atom stereocenters. The molecule has 5 heteroatoms. The number of hydrogen-bond donors (Lipinski definition) is 0. The van der Waals surface area contributed by atoms with E-state index in [0.717, 1.165) is 29.7 Å². The molecule has 1 aromatic rings. The van der Waals surface area contributed by atoms with E-state index in [4.69, 9.17) is 9.47 Å². The molecule has 0 unspecified atom stereocenters. The highest BCUT2D eigenvalue weighted by Gasteiger charge is 2.47. The molecule has 0 bridgehead atoms. The topological polar surface area (TPSA) is 55.8 Å². The third kappa shape index (κ3) is 2.87. The minimum atomic E-state index is -0.495. The molecule has 1 saturated heterocycles. The highest BCUT2D eigenvalue weighted by Crippen LogP contribution is 2.50. The predicted molar refractivity (Wildman–Crippen MR) is 90.7 cm³/mol. The highest BCUT2D eigenvalue weighted by atomic mass is 16.6. The fourth-order valence-electron chi connectivity index (χ4n) is 3.84. The Kier molecular flexibility index (Phi) is 4.06. The van der Waals surface area contributed by atoms with Gasteiger partial charge in [0.05, 0.1) is 7.11 Å². The van der Waals surface area contributed by atoms with Crippen molar-refractivity contribution >= 4 is 11.9 Å². The van der Waals surface area contributed by atoms with Crippen LogP contribution in [0.3, 0.4) is 0 Å². The van der Waals surface area contributed by atoms with Gasteiger partial charge in [0.1, 0.15) is 11.4 Å². The van der Waals surface area contributed by atoms with Crippen molar-refractivity contribution < 1.29 is 19.1 Å².